The molecule has 1 aliphatic rings. The Morgan fingerprint density at radius 1 is 1.36 bits per heavy atom. The Morgan fingerprint density at radius 2 is 2.12 bits per heavy atom. The van der Waals surface area contributed by atoms with Crippen LogP contribution >= 0.6 is 11.6 Å². The normalized spacial score (nSPS) is 21.1. The van der Waals surface area contributed by atoms with Crippen LogP contribution in [0.1, 0.15) is 43.0 Å². The third kappa shape index (κ3) is 5.41. The van der Waals surface area contributed by atoms with Crippen LogP contribution in [0.3, 0.4) is 0 Å². The van der Waals surface area contributed by atoms with Crippen LogP contribution in [0.5, 0.6) is 0 Å². The maximum absolute atomic E-state index is 12.3. The van der Waals surface area contributed by atoms with Gasteiger partial charge in [0.1, 0.15) is 4.90 Å². The highest BCUT2D eigenvalue weighted by atomic mass is 35.5. The van der Waals surface area contributed by atoms with Gasteiger partial charge in [-0.3, -0.25) is 4.79 Å². The van der Waals surface area contributed by atoms with Gasteiger partial charge in [0, 0.05) is 18.5 Å². The van der Waals surface area contributed by atoms with E-state index in [1.807, 2.05) is 0 Å². The van der Waals surface area contributed by atoms with Gasteiger partial charge in [0.25, 0.3) is 5.91 Å². The van der Waals surface area contributed by atoms with Gasteiger partial charge in [-0.25, -0.2) is 13.1 Å². The summed E-state index contributed by atoms with van der Waals surface area (Å²) < 4.78 is 26.1. The quantitative estimate of drug-likeness (QED) is 0.605. The summed E-state index contributed by atoms with van der Waals surface area (Å²) in [5.74, 6) is -0.286. The van der Waals surface area contributed by atoms with Gasteiger partial charge in [-0.2, -0.15) is 0 Å². The Kier molecular flexibility index (Phi) is 7.25. The summed E-state index contributed by atoms with van der Waals surface area (Å²) in [5, 5.41) is 2.95. The Bertz CT molecular complexity index is 709. The average molecular weight is 389 g/mol. The molecule has 1 saturated heterocycles. The second-order valence-corrected chi connectivity index (χ2v) is 8.78. The molecule has 0 radical (unpaired) electrons. The summed E-state index contributed by atoms with van der Waals surface area (Å²) in [6.07, 6.45) is 4.77. The summed E-state index contributed by atoms with van der Waals surface area (Å²) in [7, 11) is -2.39. The SMILES string of the molecule is CNS(=O)(=O)c1cc(C(=O)NCCC[NH+]2CCCC[C@H]2C)ccc1Cl. The minimum Gasteiger partial charge on any atom is -0.352 e. The van der Waals surface area contributed by atoms with Crippen LogP contribution in [-0.4, -0.2) is 47.0 Å². The van der Waals surface area contributed by atoms with E-state index in [1.165, 1.54) is 51.1 Å². The van der Waals surface area contributed by atoms with Gasteiger partial charge in [-0.15, -0.1) is 0 Å². The van der Waals surface area contributed by atoms with Crippen molar-refractivity contribution in [3.8, 4) is 0 Å². The second-order valence-electron chi connectivity index (χ2n) is 6.52. The lowest BCUT2D eigenvalue weighted by Gasteiger charge is -2.30. The van der Waals surface area contributed by atoms with E-state index < -0.39 is 10.0 Å². The van der Waals surface area contributed by atoms with Crippen LogP contribution in [0.25, 0.3) is 0 Å². The number of nitrogens with one attached hydrogen (secondary N) is 3. The van der Waals surface area contributed by atoms with E-state index in [0.717, 1.165) is 13.0 Å². The molecule has 1 aromatic carbocycles. The zero-order valence-electron chi connectivity index (χ0n) is 14.8. The van der Waals surface area contributed by atoms with Crippen molar-refractivity contribution in [2.24, 2.45) is 0 Å². The Hall–Kier alpha value is -1.15. The van der Waals surface area contributed by atoms with Crippen LogP contribution in [0.15, 0.2) is 23.1 Å². The van der Waals surface area contributed by atoms with Crippen molar-refractivity contribution in [1.29, 1.82) is 0 Å². The molecule has 25 heavy (non-hydrogen) atoms. The van der Waals surface area contributed by atoms with Gasteiger partial charge >= 0.3 is 0 Å². The number of hydrogen-bond donors (Lipinski definition) is 3. The summed E-state index contributed by atoms with van der Waals surface area (Å²) in [6, 6.07) is 4.96. The van der Waals surface area contributed by atoms with Crippen molar-refractivity contribution in [2.75, 3.05) is 26.7 Å². The molecule has 1 unspecified atom stereocenters. The maximum Gasteiger partial charge on any atom is 0.251 e. The van der Waals surface area contributed by atoms with E-state index >= 15 is 0 Å². The number of carbonyl (C=O) groups is 1. The third-order valence-corrected chi connectivity index (χ3v) is 6.69. The molecule has 1 amide bonds. The average Bonchev–Trinajstić information content (AvgIpc) is 2.60. The molecule has 8 heteroatoms. The number of halogens is 1. The van der Waals surface area contributed by atoms with Gasteiger partial charge in [-0.1, -0.05) is 11.6 Å². The molecule has 1 heterocycles. The Morgan fingerprint density at radius 3 is 2.80 bits per heavy atom. The third-order valence-electron chi connectivity index (χ3n) is 4.79. The molecule has 6 nitrogen and oxygen atoms in total. The van der Waals surface area contributed by atoms with Crippen molar-refractivity contribution >= 4 is 27.5 Å². The topological polar surface area (TPSA) is 79.7 Å². The number of hydrogen-bond acceptors (Lipinski definition) is 3. The number of carbonyl (C=O) groups excluding carboxylic acids is 1. The molecule has 0 spiro atoms. The van der Waals surface area contributed by atoms with E-state index in [9.17, 15) is 13.2 Å². The molecule has 1 aliphatic heterocycles. The van der Waals surface area contributed by atoms with E-state index in [1.54, 1.807) is 4.90 Å². The molecule has 3 N–H and O–H groups in total. The number of quaternary nitrogens is 1. The smallest absolute Gasteiger partial charge is 0.251 e. The van der Waals surface area contributed by atoms with Gasteiger partial charge in [-0.05, 0) is 51.4 Å². The number of rotatable bonds is 7. The van der Waals surface area contributed by atoms with Gasteiger partial charge < -0.3 is 10.2 Å². The van der Waals surface area contributed by atoms with Gasteiger partial charge in [0.15, 0.2) is 0 Å². The molecule has 0 aromatic heterocycles. The van der Waals surface area contributed by atoms with Crippen molar-refractivity contribution in [2.45, 2.75) is 43.5 Å². The molecule has 2 rings (SSSR count). The summed E-state index contributed by atoms with van der Waals surface area (Å²) in [5.41, 5.74) is 0.289. The highest BCUT2D eigenvalue weighted by Crippen LogP contribution is 2.22. The number of amides is 1. The lowest BCUT2D eigenvalue weighted by molar-refractivity contribution is -0.928. The molecule has 2 atom stereocenters. The molecule has 0 bridgehead atoms. The Balaban J connectivity index is 1.89. The van der Waals surface area contributed by atoms with Crippen LogP contribution < -0.4 is 14.9 Å². The predicted molar refractivity (Wildman–Crippen MR) is 98.7 cm³/mol. The fraction of sp³-hybridized carbons (Fsp3) is 0.588. The molecule has 0 aliphatic carbocycles. The molecule has 140 valence electrons. The van der Waals surface area contributed by atoms with Gasteiger partial charge in [0.2, 0.25) is 10.0 Å². The van der Waals surface area contributed by atoms with Crippen LogP contribution in [0.4, 0.5) is 0 Å². The summed E-state index contributed by atoms with van der Waals surface area (Å²) in [6.45, 7) is 5.11. The minimum atomic E-state index is -3.70. The first-order chi connectivity index (χ1) is 11.8. The lowest BCUT2D eigenvalue weighted by atomic mass is 10.0. The first-order valence-electron chi connectivity index (χ1n) is 8.71. The van der Waals surface area contributed by atoms with E-state index in [0.29, 0.717) is 12.6 Å². The number of likely N-dealkylation sites (tertiary alicyclic amines) is 1. The maximum atomic E-state index is 12.3. The van der Waals surface area contributed by atoms with Crippen molar-refractivity contribution in [3.63, 3.8) is 0 Å². The second kappa shape index (κ2) is 8.98. The fourth-order valence-electron chi connectivity index (χ4n) is 3.20. The standard InChI is InChI=1S/C17H26ClN3O3S/c1-13-6-3-4-10-21(13)11-5-9-20-17(22)14-7-8-15(18)16(12-14)25(23,24)19-2/h7-8,12-13,19H,3-6,9-11H2,1-2H3,(H,20,22)/p+1/t13-/m1/s1. The number of piperidine rings is 1. The van der Waals surface area contributed by atoms with Crippen molar-refractivity contribution in [1.82, 2.24) is 10.0 Å². The minimum absolute atomic E-state index is 0.0871. The first kappa shape index (κ1) is 20.2. The monoisotopic (exact) mass is 388 g/mol. The van der Waals surface area contributed by atoms with E-state index in [-0.39, 0.29) is 21.4 Å². The van der Waals surface area contributed by atoms with Gasteiger partial charge in [0.05, 0.1) is 24.2 Å². The molecule has 1 fully saturated rings. The predicted octanol–water partition coefficient (Wildman–Crippen LogP) is 0.825. The van der Waals surface area contributed by atoms with E-state index in [4.69, 9.17) is 11.6 Å². The molecular formula is C17H27ClN3O3S+. The number of benzene rings is 1. The molecule has 0 saturated carbocycles. The van der Waals surface area contributed by atoms with Crippen LogP contribution in [-0.2, 0) is 10.0 Å². The Labute approximate surface area is 155 Å². The highest BCUT2D eigenvalue weighted by Gasteiger charge is 2.21. The zero-order chi connectivity index (χ0) is 18.4. The highest BCUT2D eigenvalue weighted by molar-refractivity contribution is 7.89. The summed E-state index contributed by atoms with van der Waals surface area (Å²) in [4.78, 5) is 13.8. The number of sulfonamides is 1. The largest absolute Gasteiger partial charge is 0.352 e. The van der Waals surface area contributed by atoms with Crippen molar-refractivity contribution in [3.05, 3.63) is 28.8 Å². The molecular weight excluding hydrogens is 362 g/mol. The van der Waals surface area contributed by atoms with E-state index in [2.05, 4.69) is 17.0 Å². The zero-order valence-corrected chi connectivity index (χ0v) is 16.3. The molecule has 1 aromatic rings. The fourth-order valence-corrected chi connectivity index (χ4v) is 4.45. The van der Waals surface area contributed by atoms with Crippen LogP contribution in [0, 0.1) is 0 Å². The summed E-state index contributed by atoms with van der Waals surface area (Å²) >= 11 is 5.94. The first-order valence-corrected chi connectivity index (χ1v) is 10.6. The van der Waals surface area contributed by atoms with Crippen LogP contribution in [0.2, 0.25) is 5.02 Å². The van der Waals surface area contributed by atoms with Crippen molar-refractivity contribution < 1.29 is 18.1 Å². The lowest BCUT2D eigenvalue weighted by Crippen LogP contribution is -3.16.